The lowest BCUT2D eigenvalue weighted by Gasteiger charge is -2.41. The van der Waals surface area contributed by atoms with Gasteiger partial charge in [-0.3, -0.25) is 9.69 Å². The zero-order chi connectivity index (χ0) is 14.1. The first-order valence-corrected chi connectivity index (χ1v) is 5.82. The number of Topliss-reactive ketones (excluding diaryl/α,β-unsaturated/α-hetero) is 1. The first-order valence-electron chi connectivity index (χ1n) is 5.82. The average molecular weight is 257 g/mol. The zero-order valence-corrected chi connectivity index (χ0v) is 11.1. The Morgan fingerprint density at radius 3 is 2.39 bits per heavy atom. The third-order valence-corrected chi connectivity index (χ3v) is 2.90. The minimum Gasteiger partial charge on any atom is -0.480 e. The van der Waals surface area contributed by atoms with Crippen LogP contribution in [0.3, 0.4) is 0 Å². The van der Waals surface area contributed by atoms with Crippen LogP contribution in [0.5, 0.6) is 0 Å². The number of carbonyl (C=O) groups excluding carboxylic acids is 2. The maximum Gasteiger partial charge on any atom is 0.411 e. The number of hydrogen-bond acceptors (Lipinski definition) is 4. The van der Waals surface area contributed by atoms with Crippen molar-refractivity contribution >= 4 is 17.8 Å². The molecule has 1 heterocycles. The molecule has 0 spiro atoms. The number of aliphatic carboxylic acids is 1. The van der Waals surface area contributed by atoms with Crippen LogP contribution in [0.25, 0.3) is 0 Å². The van der Waals surface area contributed by atoms with Crippen LogP contribution in [0, 0.1) is 0 Å². The molecule has 0 saturated carbocycles. The van der Waals surface area contributed by atoms with Crippen molar-refractivity contribution in [1.29, 1.82) is 0 Å². The fourth-order valence-corrected chi connectivity index (χ4v) is 1.75. The van der Waals surface area contributed by atoms with Crippen molar-refractivity contribution in [3.05, 3.63) is 0 Å². The van der Waals surface area contributed by atoms with Gasteiger partial charge in [0.25, 0.3) is 0 Å². The second-order valence-corrected chi connectivity index (χ2v) is 5.68. The summed E-state index contributed by atoms with van der Waals surface area (Å²) in [5.74, 6) is -1.28. The van der Waals surface area contributed by atoms with Gasteiger partial charge in [0.05, 0.1) is 6.54 Å². The molecule has 0 bridgehead atoms. The van der Waals surface area contributed by atoms with Gasteiger partial charge in [-0.05, 0) is 34.1 Å². The second-order valence-electron chi connectivity index (χ2n) is 5.68. The molecule has 1 amide bonds. The third kappa shape index (κ3) is 3.00. The van der Waals surface area contributed by atoms with Crippen LogP contribution in [-0.2, 0) is 14.3 Å². The number of ketones is 1. The smallest absolute Gasteiger partial charge is 0.411 e. The van der Waals surface area contributed by atoms with E-state index < -0.39 is 23.2 Å². The van der Waals surface area contributed by atoms with Gasteiger partial charge in [0.1, 0.15) is 11.1 Å². The van der Waals surface area contributed by atoms with E-state index in [4.69, 9.17) is 4.74 Å². The van der Waals surface area contributed by atoms with Gasteiger partial charge < -0.3 is 9.84 Å². The van der Waals surface area contributed by atoms with Gasteiger partial charge in [0, 0.05) is 6.42 Å². The van der Waals surface area contributed by atoms with E-state index in [1.165, 1.54) is 6.92 Å². The summed E-state index contributed by atoms with van der Waals surface area (Å²) in [5.41, 5.74) is -2.10. The molecule has 1 atom stereocenters. The largest absolute Gasteiger partial charge is 0.480 e. The Bertz CT molecular complexity index is 384. The number of amides is 1. The molecule has 102 valence electrons. The summed E-state index contributed by atoms with van der Waals surface area (Å²) in [7, 11) is 0. The Labute approximate surface area is 106 Å². The molecule has 1 aliphatic heterocycles. The van der Waals surface area contributed by atoms with Crippen molar-refractivity contribution in [2.45, 2.75) is 51.7 Å². The molecule has 18 heavy (non-hydrogen) atoms. The van der Waals surface area contributed by atoms with E-state index in [-0.39, 0.29) is 25.2 Å². The lowest BCUT2D eigenvalue weighted by molar-refractivity contribution is -0.154. The van der Waals surface area contributed by atoms with Gasteiger partial charge in [-0.1, -0.05) is 0 Å². The van der Waals surface area contributed by atoms with Crippen LogP contribution in [0.15, 0.2) is 0 Å². The van der Waals surface area contributed by atoms with E-state index in [0.29, 0.717) is 0 Å². The Morgan fingerprint density at radius 1 is 1.39 bits per heavy atom. The molecule has 6 nitrogen and oxygen atoms in total. The molecule has 1 saturated heterocycles. The van der Waals surface area contributed by atoms with Gasteiger partial charge in [0.15, 0.2) is 5.78 Å². The summed E-state index contributed by atoms with van der Waals surface area (Å²) in [6, 6.07) is 0. The van der Waals surface area contributed by atoms with E-state index in [0.717, 1.165) is 4.90 Å². The average Bonchev–Trinajstić information content (AvgIpc) is 2.18. The Morgan fingerprint density at radius 2 is 1.94 bits per heavy atom. The molecule has 0 aromatic heterocycles. The van der Waals surface area contributed by atoms with Crippen molar-refractivity contribution in [3.63, 3.8) is 0 Å². The molecule has 0 aliphatic carbocycles. The molecule has 0 aromatic rings. The number of hydrogen-bond donors (Lipinski definition) is 1. The highest BCUT2D eigenvalue weighted by Crippen LogP contribution is 2.28. The van der Waals surface area contributed by atoms with E-state index in [9.17, 15) is 19.5 Å². The molecular formula is C12H19NO5. The van der Waals surface area contributed by atoms with Crippen molar-refractivity contribution in [1.82, 2.24) is 4.90 Å². The van der Waals surface area contributed by atoms with Crippen molar-refractivity contribution in [3.8, 4) is 0 Å². The summed E-state index contributed by atoms with van der Waals surface area (Å²) in [6.07, 6.45) is -0.483. The fourth-order valence-electron chi connectivity index (χ4n) is 1.75. The number of piperidine rings is 1. The van der Waals surface area contributed by atoms with Gasteiger partial charge in [-0.25, -0.2) is 9.59 Å². The lowest BCUT2D eigenvalue weighted by atomic mass is 9.88. The minimum atomic E-state index is -1.38. The molecule has 1 unspecified atom stereocenters. The quantitative estimate of drug-likeness (QED) is 0.768. The van der Waals surface area contributed by atoms with E-state index in [2.05, 4.69) is 0 Å². The van der Waals surface area contributed by atoms with Crippen LogP contribution in [-0.4, -0.2) is 45.5 Å². The monoisotopic (exact) mass is 257 g/mol. The molecule has 1 aliphatic rings. The Kier molecular flexibility index (Phi) is 3.69. The van der Waals surface area contributed by atoms with E-state index in [1.807, 2.05) is 0 Å². The highest BCUT2D eigenvalue weighted by molar-refractivity contribution is 5.92. The Balaban J connectivity index is 2.96. The maximum atomic E-state index is 12.0. The molecule has 1 rings (SSSR count). The van der Waals surface area contributed by atoms with Crippen molar-refractivity contribution in [2.75, 3.05) is 6.54 Å². The summed E-state index contributed by atoms with van der Waals surface area (Å²) < 4.78 is 5.14. The number of nitrogens with zero attached hydrogens (tertiary/aromatic N) is 1. The number of ether oxygens (including phenoxy) is 1. The number of likely N-dealkylation sites (tertiary alicyclic amines) is 1. The zero-order valence-electron chi connectivity index (χ0n) is 11.1. The highest BCUT2D eigenvalue weighted by Gasteiger charge is 2.47. The molecule has 6 heteroatoms. The fraction of sp³-hybridized carbons (Fsp3) is 0.750. The normalized spacial score (nSPS) is 24.9. The van der Waals surface area contributed by atoms with E-state index >= 15 is 0 Å². The van der Waals surface area contributed by atoms with Crippen LogP contribution in [0.1, 0.15) is 40.5 Å². The van der Waals surface area contributed by atoms with Crippen molar-refractivity contribution < 1.29 is 24.2 Å². The number of carboxylic acids is 1. The minimum absolute atomic E-state index is 0.112. The van der Waals surface area contributed by atoms with Crippen LogP contribution in [0.4, 0.5) is 4.79 Å². The highest BCUT2D eigenvalue weighted by atomic mass is 16.6. The van der Waals surface area contributed by atoms with Gasteiger partial charge >= 0.3 is 12.1 Å². The molecule has 1 fully saturated rings. The number of rotatable bonds is 1. The molecular weight excluding hydrogens is 238 g/mol. The summed E-state index contributed by atoms with van der Waals surface area (Å²) in [4.78, 5) is 35.7. The maximum absolute atomic E-state index is 12.0. The van der Waals surface area contributed by atoms with Crippen molar-refractivity contribution in [2.24, 2.45) is 0 Å². The summed E-state index contributed by atoms with van der Waals surface area (Å²) in [5, 5.41) is 9.24. The van der Waals surface area contributed by atoms with E-state index in [1.54, 1.807) is 20.8 Å². The first-order chi connectivity index (χ1) is 8.06. The first kappa shape index (κ1) is 14.5. The van der Waals surface area contributed by atoms with Crippen LogP contribution in [0.2, 0.25) is 0 Å². The molecule has 0 radical (unpaired) electrons. The third-order valence-electron chi connectivity index (χ3n) is 2.90. The van der Waals surface area contributed by atoms with Gasteiger partial charge in [0.2, 0.25) is 0 Å². The topological polar surface area (TPSA) is 83.9 Å². The number of carboxylic acid groups (broad SMARTS) is 1. The lowest BCUT2D eigenvalue weighted by Crippen LogP contribution is -2.60. The molecule has 0 aromatic carbocycles. The second kappa shape index (κ2) is 4.59. The summed E-state index contributed by atoms with van der Waals surface area (Å²) in [6.45, 7) is 6.29. The van der Waals surface area contributed by atoms with Crippen LogP contribution >= 0.6 is 0 Å². The Hall–Kier alpha value is -1.59. The van der Waals surface area contributed by atoms with Gasteiger partial charge in [-0.2, -0.15) is 0 Å². The predicted molar refractivity (Wildman–Crippen MR) is 63.2 cm³/mol. The summed E-state index contributed by atoms with van der Waals surface area (Å²) >= 11 is 0. The SMILES string of the molecule is CC(C)(C)OC(=O)N1CC(=O)CCC1(C)C(=O)O. The standard InChI is InChI=1S/C12H19NO5/c1-11(2,3)18-10(17)13-7-8(14)5-6-12(13,4)9(15)16/h5-7H2,1-4H3,(H,15,16). The number of carbonyl (C=O) groups is 3. The predicted octanol–water partition coefficient (Wildman–Crippen LogP) is 1.43. The van der Waals surface area contributed by atoms with Crippen LogP contribution < -0.4 is 0 Å². The van der Waals surface area contributed by atoms with Gasteiger partial charge in [-0.15, -0.1) is 0 Å². The molecule has 1 N–H and O–H groups in total.